The van der Waals surface area contributed by atoms with Crippen LogP contribution in [-0.4, -0.2) is 17.4 Å². The van der Waals surface area contributed by atoms with Crippen LogP contribution in [0.1, 0.15) is 22.8 Å². The van der Waals surface area contributed by atoms with Crippen LogP contribution in [0.2, 0.25) is 5.15 Å². The third-order valence-electron chi connectivity index (χ3n) is 3.57. The highest BCUT2D eigenvalue weighted by Crippen LogP contribution is 2.23. The normalized spacial score (nSPS) is 11.1. The summed E-state index contributed by atoms with van der Waals surface area (Å²) >= 11 is 6.22. The fourth-order valence-electron chi connectivity index (χ4n) is 2.43. The predicted molar refractivity (Wildman–Crippen MR) is 97.7 cm³/mol. The van der Waals surface area contributed by atoms with E-state index in [-0.39, 0.29) is 5.78 Å². The number of aromatic nitrogens is 1. The van der Waals surface area contributed by atoms with Crippen LogP contribution < -0.4 is 4.74 Å². The molecule has 0 aliphatic carbocycles. The Kier molecular flexibility index (Phi) is 4.92. The van der Waals surface area contributed by atoms with Crippen LogP contribution in [0.4, 0.5) is 0 Å². The average molecular weight is 338 g/mol. The van der Waals surface area contributed by atoms with E-state index in [0.717, 1.165) is 10.9 Å². The fraction of sp³-hybridized carbons (Fsp3) is 0.100. The second-order valence-electron chi connectivity index (χ2n) is 5.19. The van der Waals surface area contributed by atoms with Crippen molar-refractivity contribution in [2.45, 2.75) is 6.92 Å². The lowest BCUT2D eigenvalue weighted by Crippen LogP contribution is -2.01. The van der Waals surface area contributed by atoms with Crippen molar-refractivity contribution < 1.29 is 9.53 Å². The number of para-hydroxylation sites is 2. The molecular formula is C20H16ClNO2. The average Bonchev–Trinajstić information content (AvgIpc) is 2.60. The van der Waals surface area contributed by atoms with E-state index in [4.69, 9.17) is 16.3 Å². The fourth-order valence-corrected chi connectivity index (χ4v) is 2.64. The molecule has 0 radical (unpaired) electrons. The molecule has 0 spiro atoms. The molecule has 1 heterocycles. The van der Waals surface area contributed by atoms with Crippen LogP contribution in [0.15, 0.2) is 60.7 Å². The van der Waals surface area contributed by atoms with E-state index in [1.54, 1.807) is 18.2 Å². The molecule has 2 aromatic carbocycles. The Hall–Kier alpha value is -2.65. The van der Waals surface area contributed by atoms with E-state index in [2.05, 4.69) is 4.98 Å². The first-order valence-electron chi connectivity index (χ1n) is 7.68. The molecule has 3 aromatic rings. The lowest BCUT2D eigenvalue weighted by Gasteiger charge is -2.07. The van der Waals surface area contributed by atoms with Gasteiger partial charge in [0.25, 0.3) is 0 Å². The van der Waals surface area contributed by atoms with Crippen LogP contribution in [0.25, 0.3) is 17.0 Å². The summed E-state index contributed by atoms with van der Waals surface area (Å²) in [5.41, 5.74) is 2.06. The minimum absolute atomic E-state index is 0.136. The maximum atomic E-state index is 12.5. The van der Waals surface area contributed by atoms with E-state index >= 15 is 0 Å². The molecular weight excluding hydrogens is 322 g/mol. The first kappa shape index (κ1) is 16.2. The highest BCUT2D eigenvalue weighted by Gasteiger charge is 2.09. The van der Waals surface area contributed by atoms with Crippen LogP contribution in [0, 0.1) is 0 Å². The third kappa shape index (κ3) is 3.47. The van der Waals surface area contributed by atoms with Gasteiger partial charge in [-0.25, -0.2) is 4.98 Å². The van der Waals surface area contributed by atoms with Gasteiger partial charge in [0.05, 0.1) is 17.7 Å². The molecule has 1 aromatic heterocycles. The van der Waals surface area contributed by atoms with Gasteiger partial charge in [0.1, 0.15) is 10.9 Å². The number of carbonyl (C=O) groups is 1. The highest BCUT2D eigenvalue weighted by molar-refractivity contribution is 6.31. The molecule has 3 rings (SSSR count). The zero-order valence-corrected chi connectivity index (χ0v) is 14.0. The van der Waals surface area contributed by atoms with Crippen LogP contribution in [0.5, 0.6) is 5.75 Å². The number of hydrogen-bond donors (Lipinski definition) is 0. The number of pyridine rings is 1. The van der Waals surface area contributed by atoms with Gasteiger partial charge < -0.3 is 4.74 Å². The van der Waals surface area contributed by atoms with E-state index in [1.165, 1.54) is 6.08 Å². The number of halogens is 1. The molecule has 0 aliphatic heterocycles. The van der Waals surface area contributed by atoms with Crippen molar-refractivity contribution >= 4 is 34.4 Å². The number of benzene rings is 2. The monoisotopic (exact) mass is 337 g/mol. The highest BCUT2D eigenvalue weighted by atomic mass is 35.5. The van der Waals surface area contributed by atoms with E-state index in [0.29, 0.717) is 28.6 Å². The first-order valence-corrected chi connectivity index (χ1v) is 8.06. The first-order chi connectivity index (χ1) is 11.7. The van der Waals surface area contributed by atoms with E-state index in [1.807, 2.05) is 49.4 Å². The van der Waals surface area contributed by atoms with Gasteiger partial charge in [0.15, 0.2) is 5.78 Å². The molecule has 0 saturated heterocycles. The summed E-state index contributed by atoms with van der Waals surface area (Å²) in [6.45, 7) is 2.39. The molecule has 120 valence electrons. The summed E-state index contributed by atoms with van der Waals surface area (Å²) in [7, 11) is 0. The van der Waals surface area contributed by atoms with Crippen LogP contribution in [0.3, 0.4) is 0 Å². The van der Waals surface area contributed by atoms with Gasteiger partial charge in [0.2, 0.25) is 0 Å². The molecule has 0 saturated carbocycles. The maximum Gasteiger partial charge on any atom is 0.189 e. The second-order valence-corrected chi connectivity index (χ2v) is 5.55. The quantitative estimate of drug-likeness (QED) is 0.365. The molecule has 0 N–H and O–H groups in total. The molecule has 0 atom stereocenters. The van der Waals surface area contributed by atoms with Gasteiger partial charge >= 0.3 is 0 Å². The molecule has 24 heavy (non-hydrogen) atoms. The van der Waals surface area contributed by atoms with E-state index < -0.39 is 0 Å². The van der Waals surface area contributed by atoms with Gasteiger partial charge in [0, 0.05) is 10.9 Å². The van der Waals surface area contributed by atoms with Gasteiger partial charge in [-0.05, 0) is 43.3 Å². The number of rotatable bonds is 5. The molecule has 4 heteroatoms. The predicted octanol–water partition coefficient (Wildman–Crippen LogP) is 5.18. The Bertz CT molecular complexity index is 918. The number of allylic oxidation sites excluding steroid dienone is 1. The number of ketones is 1. The summed E-state index contributed by atoms with van der Waals surface area (Å²) in [5.74, 6) is 0.445. The van der Waals surface area contributed by atoms with E-state index in [9.17, 15) is 4.79 Å². The van der Waals surface area contributed by atoms with Gasteiger partial charge in [-0.1, -0.05) is 41.9 Å². The lowest BCUT2D eigenvalue weighted by atomic mass is 10.1. The number of ether oxygens (including phenoxy) is 1. The number of nitrogens with zero attached hydrogens (tertiary/aromatic N) is 1. The van der Waals surface area contributed by atoms with Gasteiger partial charge in [-0.3, -0.25) is 4.79 Å². The molecule has 0 bridgehead atoms. The molecule has 3 nitrogen and oxygen atoms in total. The lowest BCUT2D eigenvalue weighted by molar-refractivity contribution is 0.104. The smallest absolute Gasteiger partial charge is 0.189 e. The maximum absolute atomic E-state index is 12.5. The number of fused-ring (bicyclic) bond motifs is 1. The summed E-state index contributed by atoms with van der Waals surface area (Å²) in [4.78, 5) is 16.8. The SMILES string of the molecule is CCOc1ccccc1C(=O)C=Cc1cc2ccccc2nc1Cl. The summed E-state index contributed by atoms with van der Waals surface area (Å²) in [6, 6.07) is 16.8. The topological polar surface area (TPSA) is 39.2 Å². The van der Waals surface area contributed by atoms with Crippen molar-refractivity contribution in [3.63, 3.8) is 0 Å². The molecule has 0 fully saturated rings. The van der Waals surface area contributed by atoms with Crippen molar-refractivity contribution in [2.75, 3.05) is 6.61 Å². The Morgan fingerprint density at radius 3 is 2.75 bits per heavy atom. The van der Waals surface area contributed by atoms with Crippen molar-refractivity contribution in [1.29, 1.82) is 0 Å². The zero-order valence-electron chi connectivity index (χ0n) is 13.2. The van der Waals surface area contributed by atoms with Crippen molar-refractivity contribution in [2.24, 2.45) is 0 Å². The largest absolute Gasteiger partial charge is 0.493 e. The van der Waals surface area contributed by atoms with Gasteiger partial charge in [-0.15, -0.1) is 0 Å². The van der Waals surface area contributed by atoms with Crippen molar-refractivity contribution in [1.82, 2.24) is 4.98 Å². The Morgan fingerprint density at radius 1 is 1.17 bits per heavy atom. The molecule has 0 aliphatic rings. The standard InChI is InChI=1S/C20H16ClNO2/c1-2-24-19-10-6-4-8-16(19)18(23)12-11-15-13-14-7-3-5-9-17(14)22-20(15)21/h3-13H,2H2,1H3. The third-order valence-corrected chi connectivity index (χ3v) is 3.87. The second kappa shape index (κ2) is 7.28. The molecule has 0 unspecified atom stereocenters. The van der Waals surface area contributed by atoms with Crippen molar-refractivity contribution in [3.8, 4) is 5.75 Å². The molecule has 0 amide bonds. The minimum atomic E-state index is -0.136. The zero-order chi connectivity index (χ0) is 16.9. The number of carbonyl (C=O) groups excluding carboxylic acids is 1. The Balaban J connectivity index is 1.91. The Labute approximate surface area is 145 Å². The minimum Gasteiger partial charge on any atom is -0.493 e. The summed E-state index contributed by atoms with van der Waals surface area (Å²) < 4.78 is 5.50. The van der Waals surface area contributed by atoms with Crippen LogP contribution >= 0.6 is 11.6 Å². The number of hydrogen-bond acceptors (Lipinski definition) is 3. The van der Waals surface area contributed by atoms with Crippen molar-refractivity contribution in [3.05, 3.63) is 77.0 Å². The summed E-state index contributed by atoms with van der Waals surface area (Å²) in [6.07, 6.45) is 3.18. The van der Waals surface area contributed by atoms with Gasteiger partial charge in [-0.2, -0.15) is 0 Å². The Morgan fingerprint density at radius 2 is 1.92 bits per heavy atom. The summed E-state index contributed by atoms with van der Waals surface area (Å²) in [5, 5.41) is 1.35. The van der Waals surface area contributed by atoms with Crippen LogP contribution in [-0.2, 0) is 0 Å².